The third-order valence-electron chi connectivity index (χ3n) is 2.36. The van der Waals surface area contributed by atoms with E-state index in [9.17, 15) is 4.79 Å². The first kappa shape index (κ1) is 16.4. The zero-order valence-electron chi connectivity index (χ0n) is 10.4. The number of hydrogen-bond donors (Lipinski definition) is 0. The van der Waals surface area contributed by atoms with Crippen LogP contribution >= 0.6 is 50.7 Å². The maximum Gasteiger partial charge on any atom is 0.349 e. The summed E-state index contributed by atoms with van der Waals surface area (Å²) in [6, 6.07) is 9.55. The van der Waals surface area contributed by atoms with E-state index in [1.165, 1.54) is 12.1 Å². The van der Waals surface area contributed by atoms with Gasteiger partial charge in [-0.1, -0.05) is 34.8 Å². The van der Waals surface area contributed by atoms with Crippen molar-refractivity contribution in [3.63, 3.8) is 0 Å². The number of halogens is 4. The lowest BCUT2D eigenvalue weighted by Gasteiger charge is -2.09. The molecular weight excluding hydrogens is 402 g/mol. The summed E-state index contributed by atoms with van der Waals surface area (Å²) in [5, 5.41) is 1.27. The highest BCUT2D eigenvalue weighted by Crippen LogP contribution is 2.29. The van der Waals surface area contributed by atoms with Crippen LogP contribution in [0.15, 0.2) is 40.9 Å². The first-order valence-corrected chi connectivity index (χ1v) is 7.62. The van der Waals surface area contributed by atoms with E-state index in [1.54, 1.807) is 24.3 Å². The average Bonchev–Trinajstić information content (AvgIpc) is 2.41. The number of carbonyl (C=O) groups excluding carboxylic acids is 1. The molecular formula is C14H8BrCl3O3. The molecule has 21 heavy (non-hydrogen) atoms. The summed E-state index contributed by atoms with van der Waals surface area (Å²) in [5.74, 6) is 0.129. The molecule has 0 aromatic heterocycles. The summed E-state index contributed by atoms with van der Waals surface area (Å²) < 4.78 is 11.1. The fourth-order valence-electron chi connectivity index (χ4n) is 1.44. The van der Waals surface area contributed by atoms with E-state index in [0.717, 1.165) is 0 Å². The Morgan fingerprint density at radius 1 is 1.00 bits per heavy atom. The molecule has 110 valence electrons. The van der Waals surface area contributed by atoms with Gasteiger partial charge in [-0.2, -0.15) is 0 Å². The summed E-state index contributed by atoms with van der Waals surface area (Å²) in [6.45, 7) is -0.265. The normalized spacial score (nSPS) is 10.3. The third kappa shape index (κ3) is 4.78. The lowest BCUT2D eigenvalue weighted by atomic mass is 10.3. The maximum absolute atomic E-state index is 11.7. The fourth-order valence-corrected chi connectivity index (χ4v) is 2.68. The highest BCUT2D eigenvalue weighted by atomic mass is 79.9. The molecule has 0 heterocycles. The Morgan fingerprint density at radius 2 is 1.62 bits per heavy atom. The molecule has 0 radical (unpaired) electrons. The maximum atomic E-state index is 11.7. The standard InChI is InChI=1S/C14H8BrCl3O3/c15-10-5-8(16)1-3-12(10)20-7-14(19)21-13-4-2-9(17)6-11(13)18/h1-6H,7H2. The van der Waals surface area contributed by atoms with Gasteiger partial charge in [0.05, 0.1) is 9.50 Å². The summed E-state index contributed by atoms with van der Waals surface area (Å²) >= 11 is 20.8. The molecule has 2 rings (SSSR count). The highest BCUT2D eigenvalue weighted by molar-refractivity contribution is 9.10. The topological polar surface area (TPSA) is 35.5 Å². The predicted molar refractivity (Wildman–Crippen MR) is 86.7 cm³/mol. The molecule has 0 aliphatic heterocycles. The predicted octanol–water partition coefficient (Wildman–Crippen LogP) is 5.39. The first-order chi connectivity index (χ1) is 9.95. The number of hydrogen-bond acceptors (Lipinski definition) is 3. The van der Waals surface area contributed by atoms with Crippen molar-refractivity contribution in [1.82, 2.24) is 0 Å². The molecule has 3 nitrogen and oxygen atoms in total. The van der Waals surface area contributed by atoms with E-state index < -0.39 is 5.97 Å². The van der Waals surface area contributed by atoms with Crippen LogP contribution in [0.5, 0.6) is 11.5 Å². The number of ether oxygens (including phenoxy) is 2. The molecule has 0 aliphatic carbocycles. The lowest BCUT2D eigenvalue weighted by Crippen LogP contribution is -2.18. The van der Waals surface area contributed by atoms with Gasteiger partial charge in [0.15, 0.2) is 6.61 Å². The van der Waals surface area contributed by atoms with Crippen molar-refractivity contribution in [3.8, 4) is 11.5 Å². The third-order valence-corrected chi connectivity index (χ3v) is 3.74. The minimum absolute atomic E-state index is 0.227. The Kier molecular flexibility index (Phi) is 5.76. The number of benzene rings is 2. The van der Waals surface area contributed by atoms with Crippen LogP contribution in [0, 0.1) is 0 Å². The molecule has 0 fully saturated rings. The molecule has 0 saturated carbocycles. The second-order valence-electron chi connectivity index (χ2n) is 3.91. The first-order valence-electron chi connectivity index (χ1n) is 5.69. The van der Waals surface area contributed by atoms with Crippen molar-refractivity contribution in [2.75, 3.05) is 6.61 Å². The SMILES string of the molecule is O=C(COc1ccc(Cl)cc1Br)Oc1ccc(Cl)cc1Cl. The van der Waals surface area contributed by atoms with E-state index in [4.69, 9.17) is 44.3 Å². The van der Waals surface area contributed by atoms with Gasteiger partial charge in [0.2, 0.25) is 0 Å². The summed E-state index contributed by atoms with van der Waals surface area (Å²) in [4.78, 5) is 11.7. The zero-order valence-corrected chi connectivity index (χ0v) is 14.3. The quantitative estimate of drug-likeness (QED) is 0.501. The van der Waals surface area contributed by atoms with Crippen LogP contribution in [0.1, 0.15) is 0 Å². The van der Waals surface area contributed by atoms with E-state index in [1.807, 2.05) is 0 Å². The van der Waals surface area contributed by atoms with Crippen LogP contribution in [0.2, 0.25) is 15.1 Å². The number of rotatable bonds is 4. The molecule has 0 N–H and O–H groups in total. The van der Waals surface area contributed by atoms with Gasteiger partial charge in [0, 0.05) is 10.0 Å². The second kappa shape index (κ2) is 7.36. The molecule has 0 unspecified atom stereocenters. The van der Waals surface area contributed by atoms with E-state index in [2.05, 4.69) is 15.9 Å². The summed E-state index contributed by atoms with van der Waals surface area (Å²) in [7, 11) is 0. The van der Waals surface area contributed by atoms with Gasteiger partial charge in [-0.15, -0.1) is 0 Å². The van der Waals surface area contributed by atoms with Gasteiger partial charge in [0.1, 0.15) is 11.5 Å². The molecule has 7 heteroatoms. The van der Waals surface area contributed by atoms with Crippen molar-refractivity contribution in [2.45, 2.75) is 0 Å². The largest absolute Gasteiger partial charge is 0.481 e. The van der Waals surface area contributed by atoms with Gasteiger partial charge in [-0.05, 0) is 52.3 Å². The molecule has 0 amide bonds. The van der Waals surface area contributed by atoms with Gasteiger partial charge in [0.25, 0.3) is 0 Å². The van der Waals surface area contributed by atoms with Crippen molar-refractivity contribution < 1.29 is 14.3 Å². The Morgan fingerprint density at radius 3 is 2.24 bits per heavy atom. The molecule has 0 spiro atoms. The summed E-state index contributed by atoms with van der Waals surface area (Å²) in [5.41, 5.74) is 0. The van der Waals surface area contributed by atoms with E-state index in [0.29, 0.717) is 20.3 Å². The Bertz CT molecular complexity index is 677. The van der Waals surface area contributed by atoms with Gasteiger partial charge < -0.3 is 9.47 Å². The Hall–Kier alpha value is -0.940. The number of carbonyl (C=O) groups is 1. The van der Waals surface area contributed by atoms with Crippen LogP contribution in [0.25, 0.3) is 0 Å². The second-order valence-corrected chi connectivity index (χ2v) is 6.05. The van der Waals surface area contributed by atoms with Gasteiger partial charge in [-0.25, -0.2) is 4.79 Å². The summed E-state index contributed by atoms with van der Waals surface area (Å²) in [6.07, 6.45) is 0. The van der Waals surface area contributed by atoms with Gasteiger partial charge >= 0.3 is 5.97 Å². The monoisotopic (exact) mass is 408 g/mol. The van der Waals surface area contributed by atoms with E-state index in [-0.39, 0.29) is 17.4 Å². The molecule has 0 bridgehead atoms. The smallest absolute Gasteiger partial charge is 0.349 e. The van der Waals surface area contributed by atoms with Crippen molar-refractivity contribution >= 4 is 56.7 Å². The highest BCUT2D eigenvalue weighted by Gasteiger charge is 2.11. The van der Waals surface area contributed by atoms with Crippen LogP contribution < -0.4 is 9.47 Å². The average molecular weight is 410 g/mol. The Labute approximate surface area is 144 Å². The van der Waals surface area contributed by atoms with Crippen LogP contribution in [-0.2, 0) is 4.79 Å². The molecule has 2 aromatic rings. The van der Waals surface area contributed by atoms with Crippen molar-refractivity contribution in [3.05, 3.63) is 55.9 Å². The van der Waals surface area contributed by atoms with Crippen molar-refractivity contribution in [1.29, 1.82) is 0 Å². The molecule has 0 saturated heterocycles. The van der Waals surface area contributed by atoms with Crippen molar-refractivity contribution in [2.24, 2.45) is 0 Å². The number of esters is 1. The molecule has 2 aromatic carbocycles. The van der Waals surface area contributed by atoms with Crippen LogP contribution in [-0.4, -0.2) is 12.6 Å². The zero-order chi connectivity index (χ0) is 15.4. The molecule has 0 aliphatic rings. The van der Waals surface area contributed by atoms with Gasteiger partial charge in [-0.3, -0.25) is 0 Å². The lowest BCUT2D eigenvalue weighted by molar-refractivity contribution is -0.136. The fraction of sp³-hybridized carbons (Fsp3) is 0.0714. The minimum atomic E-state index is -0.582. The van der Waals surface area contributed by atoms with Crippen LogP contribution in [0.3, 0.4) is 0 Å². The van der Waals surface area contributed by atoms with Crippen LogP contribution in [0.4, 0.5) is 0 Å². The Balaban J connectivity index is 1.96. The molecule has 0 atom stereocenters. The minimum Gasteiger partial charge on any atom is -0.481 e. The van der Waals surface area contributed by atoms with E-state index >= 15 is 0 Å².